The van der Waals surface area contributed by atoms with E-state index >= 15 is 0 Å². The molecule has 1 aliphatic heterocycles. The SMILES string of the molecule is CN(c1ccnc(C2CC2)n1)C1CCN(c2ncnc3ncccc23)C1. The predicted octanol–water partition coefficient (Wildman–Crippen LogP) is 2.41. The fourth-order valence-corrected chi connectivity index (χ4v) is 3.67. The topological polar surface area (TPSA) is 70.9 Å². The van der Waals surface area contributed by atoms with Crippen LogP contribution in [0.2, 0.25) is 0 Å². The van der Waals surface area contributed by atoms with E-state index in [0.717, 1.165) is 48.0 Å². The maximum absolute atomic E-state index is 4.79. The number of aromatic nitrogens is 5. The molecule has 0 aromatic carbocycles. The van der Waals surface area contributed by atoms with Gasteiger partial charge in [0.1, 0.15) is 23.8 Å². The third-order valence-corrected chi connectivity index (χ3v) is 5.36. The third-order valence-electron chi connectivity index (χ3n) is 5.36. The molecule has 132 valence electrons. The molecule has 26 heavy (non-hydrogen) atoms. The van der Waals surface area contributed by atoms with E-state index in [9.17, 15) is 0 Å². The van der Waals surface area contributed by atoms with Gasteiger partial charge in [-0.25, -0.2) is 24.9 Å². The molecule has 1 unspecified atom stereocenters. The van der Waals surface area contributed by atoms with Crippen LogP contribution in [0.3, 0.4) is 0 Å². The molecule has 7 nitrogen and oxygen atoms in total. The van der Waals surface area contributed by atoms with E-state index in [0.29, 0.717) is 12.0 Å². The molecule has 1 aliphatic carbocycles. The average molecular weight is 347 g/mol. The van der Waals surface area contributed by atoms with Crippen molar-refractivity contribution in [2.75, 3.05) is 29.9 Å². The lowest BCUT2D eigenvalue weighted by Crippen LogP contribution is -2.35. The van der Waals surface area contributed by atoms with Gasteiger partial charge in [-0.15, -0.1) is 0 Å². The molecule has 7 heteroatoms. The summed E-state index contributed by atoms with van der Waals surface area (Å²) in [4.78, 5) is 27.0. The molecule has 2 aliphatic rings. The van der Waals surface area contributed by atoms with Crippen LogP contribution in [0.1, 0.15) is 31.0 Å². The zero-order valence-electron chi connectivity index (χ0n) is 14.8. The summed E-state index contributed by atoms with van der Waals surface area (Å²) in [5.74, 6) is 3.56. The third kappa shape index (κ3) is 2.73. The van der Waals surface area contributed by atoms with Crippen LogP contribution in [-0.4, -0.2) is 51.1 Å². The Labute approximate surface area is 152 Å². The molecule has 4 heterocycles. The fraction of sp³-hybridized carbons (Fsp3) is 0.421. The number of anilines is 2. The maximum atomic E-state index is 4.79. The number of nitrogens with zero attached hydrogens (tertiary/aromatic N) is 7. The van der Waals surface area contributed by atoms with Crippen molar-refractivity contribution in [3.05, 3.63) is 42.7 Å². The van der Waals surface area contributed by atoms with E-state index in [1.165, 1.54) is 12.8 Å². The standard InChI is InChI=1S/C19H21N7/c1-25(16-6-9-21-17(24-16)13-4-5-13)14-7-10-26(11-14)19-15-3-2-8-20-18(15)22-12-23-19/h2-3,6,8-9,12-14H,4-5,7,10-11H2,1H3. The Kier molecular flexibility index (Phi) is 3.65. The Hall–Kier alpha value is -2.83. The molecule has 1 atom stereocenters. The van der Waals surface area contributed by atoms with Gasteiger partial charge in [0.05, 0.1) is 5.39 Å². The zero-order chi connectivity index (χ0) is 17.5. The Morgan fingerprint density at radius 2 is 1.96 bits per heavy atom. The number of likely N-dealkylation sites (N-methyl/N-ethyl adjacent to an activating group) is 1. The first-order valence-electron chi connectivity index (χ1n) is 9.16. The maximum Gasteiger partial charge on any atom is 0.164 e. The van der Waals surface area contributed by atoms with Crippen LogP contribution in [0.25, 0.3) is 11.0 Å². The van der Waals surface area contributed by atoms with Crippen molar-refractivity contribution < 1.29 is 0 Å². The van der Waals surface area contributed by atoms with E-state index in [1.54, 1.807) is 12.5 Å². The van der Waals surface area contributed by atoms with E-state index < -0.39 is 0 Å². The molecule has 0 spiro atoms. The summed E-state index contributed by atoms with van der Waals surface area (Å²) in [6.45, 7) is 1.89. The van der Waals surface area contributed by atoms with Gasteiger partial charge in [-0.05, 0) is 37.5 Å². The summed E-state index contributed by atoms with van der Waals surface area (Å²) in [7, 11) is 2.13. The zero-order valence-corrected chi connectivity index (χ0v) is 14.8. The van der Waals surface area contributed by atoms with Crippen LogP contribution in [0.5, 0.6) is 0 Å². The van der Waals surface area contributed by atoms with Gasteiger partial charge in [-0.3, -0.25) is 0 Å². The number of hydrogen-bond acceptors (Lipinski definition) is 7. The molecule has 3 aromatic rings. The van der Waals surface area contributed by atoms with Crippen LogP contribution in [0.4, 0.5) is 11.6 Å². The Morgan fingerprint density at radius 3 is 2.85 bits per heavy atom. The summed E-state index contributed by atoms with van der Waals surface area (Å²) in [6.07, 6.45) is 8.78. The molecule has 0 radical (unpaired) electrons. The number of rotatable bonds is 4. The fourth-order valence-electron chi connectivity index (χ4n) is 3.67. The molecule has 1 saturated heterocycles. The molecular formula is C19H21N7. The Balaban J connectivity index is 1.37. The number of pyridine rings is 1. The summed E-state index contributed by atoms with van der Waals surface area (Å²) >= 11 is 0. The van der Waals surface area contributed by atoms with Crippen LogP contribution < -0.4 is 9.80 Å². The average Bonchev–Trinajstić information content (AvgIpc) is 3.44. The highest BCUT2D eigenvalue weighted by molar-refractivity contribution is 5.86. The van der Waals surface area contributed by atoms with Crippen molar-refractivity contribution in [2.24, 2.45) is 0 Å². The van der Waals surface area contributed by atoms with E-state index in [1.807, 2.05) is 24.4 Å². The minimum absolute atomic E-state index is 0.402. The summed E-state index contributed by atoms with van der Waals surface area (Å²) < 4.78 is 0. The minimum atomic E-state index is 0.402. The molecule has 5 rings (SSSR count). The lowest BCUT2D eigenvalue weighted by Gasteiger charge is -2.26. The van der Waals surface area contributed by atoms with E-state index in [2.05, 4.69) is 36.8 Å². The minimum Gasteiger partial charge on any atom is -0.355 e. The second kappa shape index (κ2) is 6.16. The van der Waals surface area contributed by atoms with Crippen molar-refractivity contribution in [1.29, 1.82) is 0 Å². The van der Waals surface area contributed by atoms with Crippen LogP contribution >= 0.6 is 0 Å². The monoisotopic (exact) mass is 347 g/mol. The van der Waals surface area contributed by atoms with Crippen molar-refractivity contribution in [1.82, 2.24) is 24.9 Å². The van der Waals surface area contributed by atoms with Crippen molar-refractivity contribution in [3.63, 3.8) is 0 Å². The number of hydrogen-bond donors (Lipinski definition) is 0. The first-order valence-corrected chi connectivity index (χ1v) is 9.16. The van der Waals surface area contributed by atoms with Gasteiger partial charge in [-0.1, -0.05) is 0 Å². The summed E-state index contributed by atoms with van der Waals surface area (Å²) in [5.41, 5.74) is 0.749. The Morgan fingerprint density at radius 1 is 1.04 bits per heavy atom. The molecule has 0 amide bonds. The molecule has 3 aromatic heterocycles. The van der Waals surface area contributed by atoms with E-state index in [-0.39, 0.29) is 0 Å². The normalized spacial score (nSPS) is 19.9. The van der Waals surface area contributed by atoms with Crippen LogP contribution in [-0.2, 0) is 0 Å². The largest absolute Gasteiger partial charge is 0.355 e. The second-order valence-electron chi connectivity index (χ2n) is 7.12. The highest BCUT2D eigenvalue weighted by Crippen LogP contribution is 2.38. The van der Waals surface area contributed by atoms with Gasteiger partial charge in [0.15, 0.2) is 5.65 Å². The number of fused-ring (bicyclic) bond motifs is 1. The Bertz CT molecular complexity index is 935. The lowest BCUT2D eigenvalue weighted by molar-refractivity contribution is 0.679. The summed E-state index contributed by atoms with van der Waals surface area (Å²) in [6, 6.07) is 6.40. The van der Waals surface area contributed by atoms with Gasteiger partial charge in [0.25, 0.3) is 0 Å². The molecule has 0 N–H and O–H groups in total. The van der Waals surface area contributed by atoms with Crippen LogP contribution in [0, 0.1) is 0 Å². The van der Waals surface area contributed by atoms with Gasteiger partial charge in [0, 0.05) is 44.5 Å². The molecule has 2 fully saturated rings. The highest BCUT2D eigenvalue weighted by atomic mass is 15.3. The van der Waals surface area contributed by atoms with Gasteiger partial charge in [-0.2, -0.15) is 0 Å². The van der Waals surface area contributed by atoms with Gasteiger partial charge >= 0.3 is 0 Å². The van der Waals surface area contributed by atoms with Crippen LogP contribution in [0.15, 0.2) is 36.9 Å². The lowest BCUT2D eigenvalue weighted by atomic mass is 10.2. The quantitative estimate of drug-likeness (QED) is 0.717. The van der Waals surface area contributed by atoms with Crippen molar-refractivity contribution in [3.8, 4) is 0 Å². The van der Waals surface area contributed by atoms with E-state index in [4.69, 9.17) is 4.98 Å². The first kappa shape index (κ1) is 15.4. The van der Waals surface area contributed by atoms with Crippen molar-refractivity contribution in [2.45, 2.75) is 31.2 Å². The highest BCUT2D eigenvalue weighted by Gasteiger charge is 2.30. The molecule has 0 bridgehead atoms. The molecular weight excluding hydrogens is 326 g/mol. The molecule has 1 saturated carbocycles. The van der Waals surface area contributed by atoms with Gasteiger partial charge < -0.3 is 9.80 Å². The predicted molar refractivity (Wildman–Crippen MR) is 100 cm³/mol. The second-order valence-corrected chi connectivity index (χ2v) is 7.12. The smallest absolute Gasteiger partial charge is 0.164 e. The van der Waals surface area contributed by atoms with Crippen molar-refractivity contribution >= 4 is 22.7 Å². The first-order chi connectivity index (χ1) is 12.8. The summed E-state index contributed by atoms with van der Waals surface area (Å²) in [5, 5.41) is 1.01. The van der Waals surface area contributed by atoms with Gasteiger partial charge in [0.2, 0.25) is 0 Å².